The highest BCUT2D eigenvalue weighted by Gasteiger charge is 2.28. The van der Waals surface area contributed by atoms with Gasteiger partial charge >= 0.3 is 0 Å². The van der Waals surface area contributed by atoms with E-state index in [-0.39, 0.29) is 17.7 Å². The third-order valence-corrected chi connectivity index (χ3v) is 2.03. The molecule has 3 heteroatoms. The molecule has 12 heavy (non-hydrogen) atoms. The van der Waals surface area contributed by atoms with Gasteiger partial charge in [0.15, 0.2) is 0 Å². The topological polar surface area (TPSA) is 37.4 Å². The van der Waals surface area contributed by atoms with Crippen molar-refractivity contribution >= 4 is 11.8 Å². The fourth-order valence-electron chi connectivity index (χ4n) is 1.19. The van der Waals surface area contributed by atoms with Gasteiger partial charge in [0.25, 0.3) is 0 Å². The van der Waals surface area contributed by atoms with Gasteiger partial charge in [0, 0.05) is 19.4 Å². The Morgan fingerprint density at radius 3 is 2.42 bits per heavy atom. The van der Waals surface area contributed by atoms with Gasteiger partial charge in [0.05, 0.1) is 0 Å². The van der Waals surface area contributed by atoms with Gasteiger partial charge in [-0.15, -0.1) is 6.58 Å². The third-order valence-electron chi connectivity index (χ3n) is 2.03. The van der Waals surface area contributed by atoms with Gasteiger partial charge in [-0.05, 0) is 5.92 Å². The molecule has 2 amide bonds. The second kappa shape index (κ2) is 3.52. The Hall–Kier alpha value is -1.12. The minimum absolute atomic E-state index is 0.0475. The average Bonchev–Trinajstić information content (AvgIpc) is 2.35. The fraction of sp³-hybridized carbons (Fsp3) is 0.556. The van der Waals surface area contributed by atoms with Crippen molar-refractivity contribution in [3.63, 3.8) is 0 Å². The van der Waals surface area contributed by atoms with Crippen LogP contribution in [0.1, 0.15) is 19.8 Å². The highest BCUT2D eigenvalue weighted by atomic mass is 16.2. The smallest absolute Gasteiger partial charge is 0.229 e. The molecule has 0 bridgehead atoms. The zero-order valence-corrected chi connectivity index (χ0v) is 7.25. The molecule has 66 valence electrons. The van der Waals surface area contributed by atoms with Gasteiger partial charge in [-0.25, -0.2) is 0 Å². The highest BCUT2D eigenvalue weighted by molar-refractivity contribution is 6.01. The summed E-state index contributed by atoms with van der Waals surface area (Å²) in [5, 5.41) is 0. The van der Waals surface area contributed by atoms with Crippen LogP contribution >= 0.6 is 0 Å². The number of rotatable bonds is 3. The van der Waals surface area contributed by atoms with Gasteiger partial charge in [0.2, 0.25) is 11.8 Å². The molecule has 1 aliphatic heterocycles. The molecule has 3 nitrogen and oxygen atoms in total. The van der Waals surface area contributed by atoms with Crippen molar-refractivity contribution < 1.29 is 9.59 Å². The molecule has 1 saturated heterocycles. The molecular weight excluding hydrogens is 154 g/mol. The van der Waals surface area contributed by atoms with E-state index in [4.69, 9.17) is 0 Å². The molecule has 1 fully saturated rings. The van der Waals surface area contributed by atoms with Crippen LogP contribution in [0.5, 0.6) is 0 Å². The summed E-state index contributed by atoms with van der Waals surface area (Å²) in [6.07, 6.45) is 2.50. The number of imide groups is 1. The first-order valence-corrected chi connectivity index (χ1v) is 4.11. The molecule has 1 unspecified atom stereocenters. The van der Waals surface area contributed by atoms with E-state index in [0.717, 1.165) is 0 Å². The molecule has 1 rings (SSSR count). The van der Waals surface area contributed by atoms with Crippen LogP contribution in [-0.4, -0.2) is 23.3 Å². The van der Waals surface area contributed by atoms with Crippen LogP contribution in [0.25, 0.3) is 0 Å². The van der Waals surface area contributed by atoms with Crippen molar-refractivity contribution in [2.75, 3.05) is 6.54 Å². The molecule has 0 aromatic carbocycles. The lowest BCUT2D eigenvalue weighted by atomic mass is 10.2. The Kier molecular flexibility index (Phi) is 2.63. The normalized spacial score (nSPS) is 19.9. The maximum Gasteiger partial charge on any atom is 0.229 e. The Balaban J connectivity index is 2.55. The minimum Gasteiger partial charge on any atom is -0.282 e. The first-order chi connectivity index (χ1) is 5.65. The molecule has 1 atom stereocenters. The molecule has 0 aromatic heterocycles. The van der Waals surface area contributed by atoms with Crippen LogP contribution in [0.15, 0.2) is 12.7 Å². The summed E-state index contributed by atoms with van der Waals surface area (Å²) in [6.45, 7) is 6.03. The number of nitrogens with zero attached hydrogens (tertiary/aromatic N) is 1. The highest BCUT2D eigenvalue weighted by Crippen LogP contribution is 2.13. The molecule has 1 aliphatic rings. The molecular formula is C9H13NO2. The Morgan fingerprint density at radius 1 is 1.50 bits per heavy atom. The van der Waals surface area contributed by atoms with Crippen molar-refractivity contribution in [2.45, 2.75) is 19.8 Å². The molecule has 0 aliphatic carbocycles. The van der Waals surface area contributed by atoms with E-state index in [9.17, 15) is 9.59 Å². The summed E-state index contributed by atoms with van der Waals surface area (Å²) < 4.78 is 0. The maximum atomic E-state index is 11.1. The van der Waals surface area contributed by atoms with E-state index in [0.29, 0.717) is 19.4 Å². The second-order valence-electron chi connectivity index (χ2n) is 3.11. The van der Waals surface area contributed by atoms with Crippen LogP contribution in [0.3, 0.4) is 0 Å². The van der Waals surface area contributed by atoms with Gasteiger partial charge in [-0.2, -0.15) is 0 Å². The van der Waals surface area contributed by atoms with E-state index in [2.05, 4.69) is 6.58 Å². The van der Waals surface area contributed by atoms with Crippen molar-refractivity contribution in [3.8, 4) is 0 Å². The average molecular weight is 167 g/mol. The van der Waals surface area contributed by atoms with Crippen LogP contribution in [-0.2, 0) is 9.59 Å². The zero-order valence-electron chi connectivity index (χ0n) is 7.25. The summed E-state index contributed by atoms with van der Waals surface area (Å²) in [4.78, 5) is 23.5. The number of carbonyl (C=O) groups is 2. The van der Waals surface area contributed by atoms with Gasteiger partial charge in [-0.1, -0.05) is 13.0 Å². The number of hydrogen-bond donors (Lipinski definition) is 0. The Bertz CT molecular complexity index is 207. The molecule has 0 radical (unpaired) electrons. The monoisotopic (exact) mass is 167 g/mol. The Labute approximate surface area is 72.0 Å². The predicted molar refractivity (Wildman–Crippen MR) is 45.3 cm³/mol. The quantitative estimate of drug-likeness (QED) is 0.463. The van der Waals surface area contributed by atoms with Crippen LogP contribution in [0.2, 0.25) is 0 Å². The van der Waals surface area contributed by atoms with Crippen molar-refractivity contribution in [1.29, 1.82) is 0 Å². The van der Waals surface area contributed by atoms with E-state index >= 15 is 0 Å². The minimum atomic E-state index is -0.0475. The molecule has 1 heterocycles. The van der Waals surface area contributed by atoms with Crippen LogP contribution in [0.4, 0.5) is 0 Å². The number of hydrogen-bond acceptors (Lipinski definition) is 2. The largest absolute Gasteiger partial charge is 0.282 e. The summed E-state index contributed by atoms with van der Waals surface area (Å²) in [7, 11) is 0. The Morgan fingerprint density at radius 2 is 2.00 bits per heavy atom. The van der Waals surface area contributed by atoms with E-state index in [1.54, 1.807) is 6.08 Å². The first-order valence-electron chi connectivity index (χ1n) is 4.11. The van der Waals surface area contributed by atoms with Crippen molar-refractivity contribution in [1.82, 2.24) is 4.90 Å². The SMILES string of the molecule is C=CC(C)CN1C(=O)CCC1=O. The van der Waals surface area contributed by atoms with Crippen LogP contribution in [0, 0.1) is 5.92 Å². The molecule has 0 saturated carbocycles. The number of carbonyl (C=O) groups excluding carboxylic acids is 2. The van der Waals surface area contributed by atoms with Crippen LogP contribution < -0.4 is 0 Å². The maximum absolute atomic E-state index is 11.1. The molecule has 0 N–H and O–H groups in total. The molecule has 0 aromatic rings. The standard InChI is InChI=1S/C9H13NO2/c1-3-7(2)6-10-8(11)4-5-9(10)12/h3,7H,1,4-6H2,2H3. The third kappa shape index (κ3) is 1.72. The summed E-state index contributed by atoms with van der Waals surface area (Å²) in [5.41, 5.74) is 0. The number of likely N-dealkylation sites (tertiary alicyclic amines) is 1. The van der Waals surface area contributed by atoms with E-state index in [1.807, 2.05) is 6.92 Å². The van der Waals surface area contributed by atoms with Crippen molar-refractivity contribution in [3.05, 3.63) is 12.7 Å². The second-order valence-corrected chi connectivity index (χ2v) is 3.11. The predicted octanol–water partition coefficient (Wildman–Crippen LogP) is 0.958. The van der Waals surface area contributed by atoms with E-state index in [1.165, 1.54) is 4.90 Å². The summed E-state index contributed by atoms with van der Waals surface area (Å²) in [5.74, 6) is 0.0957. The van der Waals surface area contributed by atoms with Gasteiger partial charge in [-0.3, -0.25) is 14.5 Å². The lowest BCUT2D eigenvalue weighted by Crippen LogP contribution is -2.32. The van der Waals surface area contributed by atoms with E-state index < -0.39 is 0 Å². The van der Waals surface area contributed by atoms with Gasteiger partial charge in [0.1, 0.15) is 0 Å². The first kappa shape index (κ1) is 8.97. The zero-order chi connectivity index (χ0) is 9.14. The summed E-state index contributed by atoms with van der Waals surface area (Å²) in [6, 6.07) is 0. The lowest BCUT2D eigenvalue weighted by Gasteiger charge is -2.16. The summed E-state index contributed by atoms with van der Waals surface area (Å²) >= 11 is 0. The fourth-order valence-corrected chi connectivity index (χ4v) is 1.19. The van der Waals surface area contributed by atoms with Gasteiger partial charge < -0.3 is 0 Å². The lowest BCUT2D eigenvalue weighted by molar-refractivity contribution is -0.138. The molecule has 0 spiro atoms. The number of amides is 2. The van der Waals surface area contributed by atoms with Crippen molar-refractivity contribution in [2.24, 2.45) is 5.92 Å².